The van der Waals surface area contributed by atoms with Crippen LogP contribution in [0.15, 0.2) is 12.2 Å². The average molecular weight is 363 g/mol. The Bertz CT molecular complexity index is 502. The summed E-state index contributed by atoms with van der Waals surface area (Å²) in [5.41, 5.74) is 0. The highest BCUT2D eigenvalue weighted by atomic mass is 16.2. The van der Waals surface area contributed by atoms with E-state index in [0.29, 0.717) is 0 Å². The fraction of sp³-hybridized carbons (Fsp3) is 0.818. The molecule has 3 unspecified atom stereocenters. The molecule has 0 aromatic heterocycles. The van der Waals surface area contributed by atoms with E-state index in [1.165, 1.54) is 0 Å². The van der Waals surface area contributed by atoms with Crippen molar-refractivity contribution in [2.45, 2.75) is 90.1 Å². The van der Waals surface area contributed by atoms with Crippen LogP contribution in [0.3, 0.4) is 0 Å². The van der Waals surface area contributed by atoms with E-state index in [1.807, 2.05) is 30.8 Å². The van der Waals surface area contributed by atoms with Crippen molar-refractivity contribution in [1.29, 1.82) is 0 Å². The summed E-state index contributed by atoms with van der Waals surface area (Å²) in [6.07, 6.45) is 14.9. The third kappa shape index (κ3) is 5.11. The van der Waals surface area contributed by atoms with Gasteiger partial charge in [-0.2, -0.15) is 0 Å². The summed E-state index contributed by atoms with van der Waals surface area (Å²) in [4.78, 5) is 29.8. The first-order chi connectivity index (χ1) is 12.5. The number of carbonyl (C=O) groups excluding carboxylic acids is 2. The minimum atomic E-state index is 0.0285. The summed E-state index contributed by atoms with van der Waals surface area (Å²) in [7, 11) is 3.90. The van der Waals surface area contributed by atoms with Crippen molar-refractivity contribution in [2.75, 3.05) is 14.1 Å². The Morgan fingerprint density at radius 3 is 2.27 bits per heavy atom. The lowest BCUT2D eigenvalue weighted by atomic mass is 9.86. The third-order valence-electron chi connectivity index (χ3n) is 6.37. The topological polar surface area (TPSA) is 40.6 Å². The number of hydrogen-bond acceptors (Lipinski definition) is 2. The van der Waals surface area contributed by atoms with Crippen molar-refractivity contribution in [1.82, 2.24) is 9.80 Å². The van der Waals surface area contributed by atoms with Crippen molar-refractivity contribution in [3.63, 3.8) is 0 Å². The fourth-order valence-electron chi connectivity index (χ4n) is 4.58. The van der Waals surface area contributed by atoms with Gasteiger partial charge >= 0.3 is 0 Å². The van der Waals surface area contributed by atoms with Gasteiger partial charge in [0, 0.05) is 20.0 Å². The van der Waals surface area contributed by atoms with Crippen LogP contribution in [0.5, 0.6) is 0 Å². The normalized spacial score (nSPS) is 27.0. The lowest BCUT2D eigenvalue weighted by molar-refractivity contribution is -0.143. The van der Waals surface area contributed by atoms with Crippen LogP contribution in [0, 0.1) is 11.8 Å². The Morgan fingerprint density at radius 2 is 1.69 bits per heavy atom. The Hall–Kier alpha value is -1.32. The predicted molar refractivity (Wildman–Crippen MR) is 107 cm³/mol. The van der Waals surface area contributed by atoms with Crippen LogP contribution >= 0.6 is 0 Å². The van der Waals surface area contributed by atoms with Crippen LogP contribution in [0.1, 0.15) is 78.1 Å². The number of unbranched alkanes of at least 4 members (excludes halogenated alkanes) is 1. The van der Waals surface area contributed by atoms with E-state index < -0.39 is 0 Å². The van der Waals surface area contributed by atoms with E-state index >= 15 is 0 Å². The zero-order valence-corrected chi connectivity index (χ0v) is 17.2. The molecule has 2 aliphatic rings. The monoisotopic (exact) mass is 362 g/mol. The number of likely N-dealkylation sites (N-methyl/N-ethyl adjacent to an activating group) is 2. The molecule has 0 aromatic rings. The summed E-state index contributed by atoms with van der Waals surface area (Å²) in [6.45, 7) is 4.21. The number of hydrogen-bond donors (Lipinski definition) is 0. The molecular formula is C22H38N2O2. The quantitative estimate of drug-likeness (QED) is 0.630. The second-order valence-electron chi connectivity index (χ2n) is 8.33. The minimum absolute atomic E-state index is 0.0285. The van der Waals surface area contributed by atoms with Crippen LogP contribution in [-0.4, -0.2) is 47.8 Å². The maximum Gasteiger partial charge on any atom is 0.229 e. The summed E-state index contributed by atoms with van der Waals surface area (Å²) in [6, 6.07) is 0.306. The smallest absolute Gasteiger partial charge is 0.229 e. The molecule has 0 saturated heterocycles. The summed E-state index contributed by atoms with van der Waals surface area (Å²) in [5.74, 6) is 0.581. The second kappa shape index (κ2) is 10.1. The molecular weight excluding hydrogens is 324 g/mol. The molecule has 1 saturated carbocycles. The molecule has 0 radical (unpaired) electrons. The van der Waals surface area contributed by atoms with Gasteiger partial charge in [0.15, 0.2) is 0 Å². The molecule has 4 atom stereocenters. The average Bonchev–Trinajstić information content (AvgIpc) is 2.70. The molecule has 0 heterocycles. The molecule has 4 heteroatoms. The summed E-state index contributed by atoms with van der Waals surface area (Å²) in [5, 5.41) is 0. The van der Waals surface area contributed by atoms with E-state index in [4.69, 9.17) is 0 Å². The van der Waals surface area contributed by atoms with Gasteiger partial charge in [-0.25, -0.2) is 0 Å². The van der Waals surface area contributed by atoms with Gasteiger partial charge in [-0.3, -0.25) is 9.59 Å². The van der Waals surface area contributed by atoms with Gasteiger partial charge in [0.2, 0.25) is 11.8 Å². The summed E-state index contributed by atoms with van der Waals surface area (Å²) >= 11 is 0. The van der Waals surface area contributed by atoms with E-state index in [1.54, 1.807) is 0 Å². The lowest BCUT2D eigenvalue weighted by Crippen LogP contribution is -2.55. The highest BCUT2D eigenvalue weighted by Gasteiger charge is 2.37. The molecule has 2 amide bonds. The van der Waals surface area contributed by atoms with Crippen LogP contribution in [0.25, 0.3) is 0 Å². The van der Waals surface area contributed by atoms with Gasteiger partial charge in [0.05, 0.1) is 18.0 Å². The molecule has 2 rings (SSSR count). The van der Waals surface area contributed by atoms with Crippen LogP contribution in [0.2, 0.25) is 0 Å². The Labute approximate surface area is 160 Å². The molecule has 0 spiro atoms. The van der Waals surface area contributed by atoms with Gasteiger partial charge in [-0.1, -0.05) is 51.7 Å². The van der Waals surface area contributed by atoms with Crippen molar-refractivity contribution >= 4 is 11.8 Å². The standard InChI is InChI=1S/C22H38N2O2/c1-5-6-12-17(2)21(25)23(3)19-15-10-11-16-20(19)24(4)22(26)18-13-8-7-9-14-18/h8,13,17-20H,5-7,9-12,14-16H2,1-4H3/t17?,18?,19-,20?/m1/s1. The maximum absolute atomic E-state index is 13.0. The van der Waals surface area contributed by atoms with Crippen molar-refractivity contribution < 1.29 is 9.59 Å². The highest BCUT2D eigenvalue weighted by molar-refractivity contribution is 5.81. The molecule has 1 fully saturated rings. The number of allylic oxidation sites excluding steroid dienone is 1. The molecule has 2 aliphatic carbocycles. The molecule has 148 valence electrons. The number of carbonyl (C=O) groups is 2. The molecule has 0 N–H and O–H groups in total. The largest absolute Gasteiger partial charge is 0.340 e. The van der Waals surface area contributed by atoms with Gasteiger partial charge < -0.3 is 9.80 Å². The lowest BCUT2D eigenvalue weighted by Gasteiger charge is -2.44. The number of nitrogens with zero attached hydrogens (tertiary/aromatic N) is 2. The van der Waals surface area contributed by atoms with Gasteiger partial charge in [0.25, 0.3) is 0 Å². The van der Waals surface area contributed by atoms with Gasteiger partial charge in [-0.05, 0) is 38.5 Å². The van der Waals surface area contributed by atoms with Crippen LogP contribution in [0.4, 0.5) is 0 Å². The maximum atomic E-state index is 13.0. The molecule has 0 bridgehead atoms. The Balaban J connectivity index is 2.05. The van der Waals surface area contributed by atoms with Crippen LogP contribution < -0.4 is 0 Å². The Morgan fingerprint density at radius 1 is 1.04 bits per heavy atom. The van der Waals surface area contributed by atoms with E-state index in [2.05, 4.69) is 19.1 Å². The molecule has 4 nitrogen and oxygen atoms in total. The second-order valence-corrected chi connectivity index (χ2v) is 8.33. The number of amides is 2. The zero-order valence-electron chi connectivity index (χ0n) is 17.2. The van der Waals surface area contributed by atoms with E-state index in [9.17, 15) is 9.59 Å². The van der Waals surface area contributed by atoms with Crippen molar-refractivity contribution in [2.24, 2.45) is 11.8 Å². The third-order valence-corrected chi connectivity index (χ3v) is 6.37. The first kappa shape index (κ1) is 21.0. The molecule has 26 heavy (non-hydrogen) atoms. The number of rotatable bonds is 7. The zero-order chi connectivity index (χ0) is 19.1. The molecule has 0 aliphatic heterocycles. The first-order valence-corrected chi connectivity index (χ1v) is 10.7. The van der Waals surface area contributed by atoms with Crippen molar-refractivity contribution in [3.8, 4) is 0 Å². The van der Waals surface area contributed by atoms with Gasteiger partial charge in [-0.15, -0.1) is 0 Å². The fourth-order valence-corrected chi connectivity index (χ4v) is 4.58. The van der Waals surface area contributed by atoms with Gasteiger partial charge in [0.1, 0.15) is 0 Å². The predicted octanol–water partition coefficient (Wildman–Crippen LogP) is 4.40. The summed E-state index contributed by atoms with van der Waals surface area (Å²) < 4.78 is 0. The van der Waals surface area contributed by atoms with Crippen LogP contribution in [-0.2, 0) is 9.59 Å². The van der Waals surface area contributed by atoms with E-state index in [0.717, 1.165) is 64.2 Å². The highest BCUT2D eigenvalue weighted by Crippen LogP contribution is 2.29. The van der Waals surface area contributed by atoms with E-state index in [-0.39, 0.29) is 35.7 Å². The minimum Gasteiger partial charge on any atom is -0.340 e. The Kier molecular flexibility index (Phi) is 8.17. The van der Waals surface area contributed by atoms with Crippen molar-refractivity contribution in [3.05, 3.63) is 12.2 Å². The first-order valence-electron chi connectivity index (χ1n) is 10.7. The SMILES string of the molecule is CCCCC(C)C(=O)N(C)[C@@H]1CCCCC1N(C)C(=O)C1C=CCCC1. The molecule has 0 aromatic carbocycles.